The summed E-state index contributed by atoms with van der Waals surface area (Å²) in [5.41, 5.74) is 2.20. The topological polar surface area (TPSA) is 38.3 Å². The Labute approximate surface area is 162 Å². The predicted molar refractivity (Wildman–Crippen MR) is 107 cm³/mol. The van der Waals surface area contributed by atoms with Crippen LogP contribution in [0.5, 0.6) is 5.75 Å². The molecule has 3 aromatic carbocycles. The molecule has 138 valence electrons. The number of amides is 1. The summed E-state index contributed by atoms with van der Waals surface area (Å²) in [5, 5.41) is 2.94. The summed E-state index contributed by atoms with van der Waals surface area (Å²) in [6.45, 7) is 0.426. The molecule has 0 heterocycles. The van der Waals surface area contributed by atoms with Crippen molar-refractivity contribution in [3.05, 3.63) is 95.3 Å². The first-order valence-corrected chi connectivity index (χ1v) is 9.52. The first kappa shape index (κ1) is 19.0. The second-order valence-electron chi connectivity index (χ2n) is 5.91. The zero-order valence-corrected chi connectivity index (χ0v) is 15.8. The minimum Gasteiger partial charge on any atom is -0.497 e. The van der Waals surface area contributed by atoms with E-state index in [1.807, 2.05) is 48.5 Å². The van der Waals surface area contributed by atoms with Gasteiger partial charge in [-0.05, 0) is 41.5 Å². The van der Waals surface area contributed by atoms with Crippen LogP contribution in [0, 0.1) is 5.82 Å². The van der Waals surface area contributed by atoms with Crippen molar-refractivity contribution in [2.45, 2.75) is 17.2 Å². The molecule has 0 fully saturated rings. The van der Waals surface area contributed by atoms with Gasteiger partial charge in [0.2, 0.25) is 0 Å². The summed E-state index contributed by atoms with van der Waals surface area (Å²) in [6.07, 6.45) is 0. The zero-order chi connectivity index (χ0) is 19.1. The lowest BCUT2D eigenvalue weighted by molar-refractivity contribution is 0.0948. The van der Waals surface area contributed by atoms with Gasteiger partial charge in [0, 0.05) is 17.2 Å². The normalized spacial score (nSPS) is 10.4. The molecule has 1 N–H and O–H groups in total. The van der Waals surface area contributed by atoms with Crippen molar-refractivity contribution in [3.63, 3.8) is 0 Å². The molecular weight excluding hydrogens is 361 g/mol. The van der Waals surface area contributed by atoms with E-state index in [0.717, 1.165) is 16.2 Å². The summed E-state index contributed by atoms with van der Waals surface area (Å²) < 4.78 is 18.9. The molecule has 0 bridgehead atoms. The standard InChI is InChI=1S/C22H20FNO2S/c1-26-18-12-10-16(11-13-18)14-24-22(25)19-7-3-5-9-21(19)27-15-17-6-2-4-8-20(17)23/h2-13H,14-15H2,1H3,(H,24,25). The third kappa shape index (κ3) is 5.11. The molecule has 5 heteroatoms. The molecular formula is C22H20FNO2S. The summed E-state index contributed by atoms with van der Waals surface area (Å²) >= 11 is 1.45. The van der Waals surface area contributed by atoms with Gasteiger partial charge >= 0.3 is 0 Å². The summed E-state index contributed by atoms with van der Waals surface area (Å²) in [6, 6.07) is 21.6. The highest BCUT2D eigenvalue weighted by atomic mass is 32.2. The van der Waals surface area contributed by atoms with Gasteiger partial charge in [0.05, 0.1) is 12.7 Å². The van der Waals surface area contributed by atoms with Crippen molar-refractivity contribution < 1.29 is 13.9 Å². The first-order valence-electron chi connectivity index (χ1n) is 8.54. The second kappa shape index (κ2) is 9.24. The third-order valence-electron chi connectivity index (χ3n) is 4.08. The number of nitrogens with one attached hydrogen (secondary N) is 1. The van der Waals surface area contributed by atoms with E-state index in [9.17, 15) is 9.18 Å². The van der Waals surface area contributed by atoms with Gasteiger partial charge in [-0.25, -0.2) is 4.39 Å². The Morgan fingerprint density at radius 2 is 1.70 bits per heavy atom. The fourth-order valence-corrected chi connectivity index (χ4v) is 3.61. The van der Waals surface area contributed by atoms with E-state index in [2.05, 4.69) is 5.32 Å². The second-order valence-corrected chi connectivity index (χ2v) is 6.92. The molecule has 0 saturated heterocycles. The molecule has 0 aromatic heterocycles. The van der Waals surface area contributed by atoms with Crippen molar-refractivity contribution in [2.75, 3.05) is 7.11 Å². The highest BCUT2D eigenvalue weighted by molar-refractivity contribution is 7.98. The van der Waals surface area contributed by atoms with Crippen LogP contribution in [0.4, 0.5) is 4.39 Å². The molecule has 3 nitrogen and oxygen atoms in total. The SMILES string of the molecule is COc1ccc(CNC(=O)c2ccccc2SCc2ccccc2F)cc1. The van der Waals surface area contributed by atoms with Crippen molar-refractivity contribution in [2.24, 2.45) is 0 Å². The minimum absolute atomic E-state index is 0.151. The number of hydrogen-bond acceptors (Lipinski definition) is 3. The van der Waals surface area contributed by atoms with E-state index in [1.165, 1.54) is 17.8 Å². The number of carbonyl (C=O) groups is 1. The Balaban J connectivity index is 1.65. The fourth-order valence-electron chi connectivity index (χ4n) is 2.57. The largest absolute Gasteiger partial charge is 0.497 e. The number of halogens is 1. The average molecular weight is 381 g/mol. The van der Waals surface area contributed by atoms with Crippen molar-refractivity contribution >= 4 is 17.7 Å². The molecule has 0 atom stereocenters. The lowest BCUT2D eigenvalue weighted by Gasteiger charge is -2.11. The Hall–Kier alpha value is -2.79. The highest BCUT2D eigenvalue weighted by Gasteiger charge is 2.12. The van der Waals surface area contributed by atoms with Gasteiger partial charge < -0.3 is 10.1 Å². The number of rotatable bonds is 7. The van der Waals surface area contributed by atoms with Crippen molar-refractivity contribution in [3.8, 4) is 5.75 Å². The number of carbonyl (C=O) groups excluding carboxylic acids is 1. The van der Waals surface area contributed by atoms with Gasteiger partial charge in [0.1, 0.15) is 11.6 Å². The van der Waals surface area contributed by atoms with Crippen LogP contribution in [-0.4, -0.2) is 13.0 Å². The van der Waals surface area contributed by atoms with Gasteiger partial charge in [0.25, 0.3) is 5.91 Å². The van der Waals surface area contributed by atoms with Crippen LogP contribution in [0.3, 0.4) is 0 Å². The summed E-state index contributed by atoms with van der Waals surface area (Å²) in [7, 11) is 1.62. The number of benzene rings is 3. The van der Waals surface area contributed by atoms with E-state index in [1.54, 1.807) is 25.3 Å². The Morgan fingerprint density at radius 3 is 2.44 bits per heavy atom. The van der Waals surface area contributed by atoms with Crippen LogP contribution in [0.15, 0.2) is 77.7 Å². The number of ether oxygens (including phenoxy) is 1. The maximum absolute atomic E-state index is 13.8. The molecule has 0 unspecified atom stereocenters. The number of hydrogen-bond donors (Lipinski definition) is 1. The van der Waals surface area contributed by atoms with Gasteiger partial charge in [0.15, 0.2) is 0 Å². The molecule has 0 radical (unpaired) electrons. The maximum Gasteiger partial charge on any atom is 0.252 e. The maximum atomic E-state index is 13.8. The Morgan fingerprint density at radius 1 is 1.00 bits per heavy atom. The fraction of sp³-hybridized carbons (Fsp3) is 0.136. The van der Waals surface area contributed by atoms with Gasteiger partial charge in [-0.2, -0.15) is 0 Å². The summed E-state index contributed by atoms with van der Waals surface area (Å²) in [4.78, 5) is 13.4. The monoisotopic (exact) mass is 381 g/mol. The molecule has 27 heavy (non-hydrogen) atoms. The molecule has 3 aromatic rings. The lowest BCUT2D eigenvalue weighted by atomic mass is 10.2. The molecule has 3 rings (SSSR count). The predicted octanol–water partition coefficient (Wildman–Crippen LogP) is 5.06. The number of thioether (sulfide) groups is 1. The van der Waals surface area contributed by atoms with Crippen LogP contribution in [0.1, 0.15) is 21.5 Å². The molecule has 0 aliphatic rings. The van der Waals surface area contributed by atoms with Gasteiger partial charge in [-0.15, -0.1) is 11.8 Å². The first-order chi connectivity index (χ1) is 13.2. The zero-order valence-electron chi connectivity index (χ0n) is 14.9. The van der Waals surface area contributed by atoms with Crippen LogP contribution < -0.4 is 10.1 Å². The lowest BCUT2D eigenvalue weighted by Crippen LogP contribution is -2.23. The summed E-state index contributed by atoms with van der Waals surface area (Å²) in [5.74, 6) is 0.865. The minimum atomic E-state index is -0.230. The quantitative estimate of drug-likeness (QED) is 0.582. The van der Waals surface area contributed by atoms with E-state index in [4.69, 9.17) is 4.74 Å². The van der Waals surface area contributed by atoms with E-state index in [-0.39, 0.29) is 11.7 Å². The van der Waals surface area contributed by atoms with E-state index >= 15 is 0 Å². The molecule has 0 aliphatic carbocycles. The average Bonchev–Trinajstić information content (AvgIpc) is 2.72. The molecule has 0 aliphatic heterocycles. The van der Waals surface area contributed by atoms with Crippen LogP contribution in [-0.2, 0) is 12.3 Å². The van der Waals surface area contributed by atoms with Crippen molar-refractivity contribution in [1.82, 2.24) is 5.32 Å². The van der Waals surface area contributed by atoms with Crippen LogP contribution in [0.2, 0.25) is 0 Å². The van der Waals surface area contributed by atoms with Crippen LogP contribution >= 0.6 is 11.8 Å². The molecule has 0 saturated carbocycles. The smallest absolute Gasteiger partial charge is 0.252 e. The third-order valence-corrected chi connectivity index (χ3v) is 5.21. The molecule has 0 spiro atoms. The van der Waals surface area contributed by atoms with Gasteiger partial charge in [-0.1, -0.05) is 42.5 Å². The van der Waals surface area contributed by atoms with E-state index < -0.39 is 0 Å². The Bertz CT molecular complexity index is 912. The number of methoxy groups -OCH3 is 1. The Kier molecular flexibility index (Phi) is 6.49. The van der Waals surface area contributed by atoms with Crippen molar-refractivity contribution in [1.29, 1.82) is 0 Å². The van der Waals surface area contributed by atoms with Gasteiger partial charge in [-0.3, -0.25) is 4.79 Å². The van der Waals surface area contributed by atoms with Crippen LogP contribution in [0.25, 0.3) is 0 Å². The molecule has 1 amide bonds. The highest BCUT2D eigenvalue weighted by Crippen LogP contribution is 2.27. The van der Waals surface area contributed by atoms with E-state index in [0.29, 0.717) is 23.4 Å².